The third kappa shape index (κ3) is 4.96. The second-order valence-electron chi connectivity index (χ2n) is 7.20. The summed E-state index contributed by atoms with van der Waals surface area (Å²) in [6.07, 6.45) is -4.36. The monoisotopic (exact) mass is 494 g/mol. The SMILES string of the molecule is CCS(=O)(=O)c1nn2c(NC(C)C)ccnc2c1-c1ccc(OCC(F)(F)C(F)(F)F)nn1. The molecule has 0 saturated heterocycles. The molecular formula is C18H19F5N6O3S. The lowest BCUT2D eigenvalue weighted by atomic mass is 10.2. The van der Waals surface area contributed by atoms with E-state index in [2.05, 4.69) is 30.3 Å². The van der Waals surface area contributed by atoms with Gasteiger partial charge in [0.15, 0.2) is 27.1 Å². The predicted molar refractivity (Wildman–Crippen MR) is 107 cm³/mol. The molecule has 3 heterocycles. The first-order valence-corrected chi connectivity index (χ1v) is 11.2. The summed E-state index contributed by atoms with van der Waals surface area (Å²) in [7, 11) is -3.86. The van der Waals surface area contributed by atoms with Crippen molar-refractivity contribution in [2.45, 2.75) is 43.9 Å². The van der Waals surface area contributed by atoms with E-state index in [1.807, 2.05) is 13.8 Å². The van der Waals surface area contributed by atoms with Crippen LogP contribution in [0.3, 0.4) is 0 Å². The van der Waals surface area contributed by atoms with Crippen molar-refractivity contribution in [2.24, 2.45) is 0 Å². The second-order valence-corrected chi connectivity index (χ2v) is 9.39. The minimum Gasteiger partial charge on any atom is -0.470 e. The summed E-state index contributed by atoms with van der Waals surface area (Å²) in [5.41, 5.74) is 0.0873. The fourth-order valence-electron chi connectivity index (χ4n) is 2.69. The van der Waals surface area contributed by atoms with Gasteiger partial charge in [-0.05, 0) is 26.0 Å². The van der Waals surface area contributed by atoms with Crippen molar-refractivity contribution < 1.29 is 35.1 Å². The maximum absolute atomic E-state index is 13.1. The van der Waals surface area contributed by atoms with Gasteiger partial charge in [-0.15, -0.1) is 10.2 Å². The molecule has 0 spiro atoms. The quantitative estimate of drug-likeness (QED) is 0.475. The Labute approximate surface area is 184 Å². The average molecular weight is 494 g/mol. The minimum atomic E-state index is -5.78. The molecule has 0 bridgehead atoms. The molecule has 3 aromatic heterocycles. The van der Waals surface area contributed by atoms with Gasteiger partial charge in [0.05, 0.1) is 11.3 Å². The van der Waals surface area contributed by atoms with Crippen LogP contribution in [0.5, 0.6) is 5.88 Å². The lowest BCUT2D eigenvalue weighted by Gasteiger charge is -2.19. The Bertz CT molecular complexity index is 1240. The highest BCUT2D eigenvalue weighted by Crippen LogP contribution is 2.36. The van der Waals surface area contributed by atoms with E-state index in [0.717, 1.165) is 6.07 Å². The van der Waals surface area contributed by atoms with Gasteiger partial charge in [0.25, 0.3) is 0 Å². The first kappa shape index (κ1) is 24.5. The van der Waals surface area contributed by atoms with Crippen molar-refractivity contribution in [1.29, 1.82) is 0 Å². The number of sulfone groups is 1. The fraction of sp³-hybridized carbons (Fsp3) is 0.444. The largest absolute Gasteiger partial charge is 0.470 e. The van der Waals surface area contributed by atoms with Crippen LogP contribution in [-0.4, -0.2) is 63.7 Å². The number of anilines is 1. The summed E-state index contributed by atoms with van der Waals surface area (Å²) in [6.45, 7) is 3.18. The van der Waals surface area contributed by atoms with Crippen LogP contribution in [0.25, 0.3) is 16.9 Å². The van der Waals surface area contributed by atoms with Gasteiger partial charge in [0.1, 0.15) is 11.5 Å². The van der Waals surface area contributed by atoms with Crippen molar-refractivity contribution in [2.75, 3.05) is 17.7 Å². The highest BCUT2D eigenvalue weighted by Gasteiger charge is 2.58. The van der Waals surface area contributed by atoms with Crippen LogP contribution in [0.2, 0.25) is 0 Å². The highest BCUT2D eigenvalue weighted by atomic mass is 32.2. The van der Waals surface area contributed by atoms with Gasteiger partial charge < -0.3 is 10.1 Å². The zero-order valence-corrected chi connectivity index (χ0v) is 18.4. The highest BCUT2D eigenvalue weighted by molar-refractivity contribution is 7.91. The summed E-state index contributed by atoms with van der Waals surface area (Å²) in [5.74, 6) is -5.51. The Kier molecular flexibility index (Phi) is 6.46. The summed E-state index contributed by atoms with van der Waals surface area (Å²) in [5, 5.41) is 14.2. The van der Waals surface area contributed by atoms with Crippen LogP contribution in [0.1, 0.15) is 20.8 Å². The molecule has 0 aliphatic heterocycles. The Hall–Kier alpha value is -3.10. The van der Waals surface area contributed by atoms with Crippen LogP contribution in [0, 0.1) is 0 Å². The maximum Gasteiger partial charge on any atom is 0.456 e. The number of nitrogens with one attached hydrogen (secondary N) is 1. The summed E-state index contributed by atoms with van der Waals surface area (Å²) in [4.78, 5) is 4.18. The molecule has 15 heteroatoms. The van der Waals surface area contributed by atoms with E-state index in [0.29, 0.717) is 5.82 Å². The van der Waals surface area contributed by atoms with Crippen LogP contribution in [0.4, 0.5) is 27.8 Å². The van der Waals surface area contributed by atoms with Crippen molar-refractivity contribution in [1.82, 2.24) is 24.8 Å². The third-order valence-corrected chi connectivity index (χ3v) is 5.94. The minimum absolute atomic E-state index is 0.00364. The van der Waals surface area contributed by atoms with Gasteiger partial charge in [-0.2, -0.15) is 31.6 Å². The van der Waals surface area contributed by atoms with E-state index < -0.39 is 34.4 Å². The molecule has 1 N–H and O–H groups in total. The lowest BCUT2D eigenvalue weighted by molar-refractivity contribution is -0.290. The molecule has 0 amide bonds. The number of alkyl halides is 5. The van der Waals surface area contributed by atoms with E-state index >= 15 is 0 Å². The number of hydrogen-bond donors (Lipinski definition) is 1. The van der Waals surface area contributed by atoms with Crippen molar-refractivity contribution in [3.05, 3.63) is 24.4 Å². The van der Waals surface area contributed by atoms with E-state index in [1.165, 1.54) is 23.7 Å². The Morgan fingerprint density at radius 1 is 1.12 bits per heavy atom. The third-order valence-electron chi connectivity index (χ3n) is 4.31. The van der Waals surface area contributed by atoms with E-state index in [9.17, 15) is 30.4 Å². The summed E-state index contributed by atoms with van der Waals surface area (Å²) in [6, 6.07) is 3.75. The molecular weight excluding hydrogens is 475 g/mol. The topological polar surface area (TPSA) is 111 Å². The van der Waals surface area contributed by atoms with Crippen LogP contribution in [-0.2, 0) is 9.84 Å². The molecule has 0 atom stereocenters. The van der Waals surface area contributed by atoms with Crippen molar-refractivity contribution >= 4 is 21.3 Å². The Morgan fingerprint density at radius 3 is 2.36 bits per heavy atom. The molecule has 9 nitrogen and oxygen atoms in total. The number of fused-ring (bicyclic) bond motifs is 1. The Morgan fingerprint density at radius 2 is 1.82 bits per heavy atom. The first-order valence-electron chi connectivity index (χ1n) is 9.55. The second kappa shape index (κ2) is 8.68. The first-order chi connectivity index (χ1) is 15.3. The van der Waals surface area contributed by atoms with Crippen LogP contribution in [0.15, 0.2) is 29.4 Å². The number of ether oxygens (including phenoxy) is 1. The normalized spacial score (nSPS) is 13.0. The smallest absolute Gasteiger partial charge is 0.456 e. The molecule has 0 aliphatic rings. The zero-order chi connectivity index (χ0) is 24.6. The predicted octanol–water partition coefficient (Wildman–Crippen LogP) is 3.38. The molecule has 0 aromatic carbocycles. The standard InChI is InChI=1S/C18H19F5N6O3S/c1-4-33(30,31)16-14(15-24-8-7-12(25-10(2)3)29(15)28-16)11-5-6-13(27-26-11)32-9-17(19,20)18(21,22)23/h5-8,10,25H,4,9H2,1-3H3. The number of halogens is 5. The van der Waals surface area contributed by atoms with Gasteiger partial charge in [-0.1, -0.05) is 6.92 Å². The molecule has 33 heavy (non-hydrogen) atoms. The molecule has 0 saturated carbocycles. The van der Waals surface area contributed by atoms with E-state index in [-0.39, 0.29) is 33.7 Å². The number of hydrogen-bond acceptors (Lipinski definition) is 8. The van der Waals surface area contributed by atoms with Crippen molar-refractivity contribution in [3.63, 3.8) is 0 Å². The van der Waals surface area contributed by atoms with Crippen molar-refractivity contribution in [3.8, 4) is 17.1 Å². The van der Waals surface area contributed by atoms with Gasteiger partial charge >= 0.3 is 12.1 Å². The molecule has 0 unspecified atom stereocenters. The van der Waals surface area contributed by atoms with E-state index in [4.69, 9.17) is 0 Å². The van der Waals surface area contributed by atoms with Crippen LogP contribution >= 0.6 is 0 Å². The lowest BCUT2D eigenvalue weighted by Crippen LogP contribution is -2.41. The molecule has 180 valence electrons. The summed E-state index contributed by atoms with van der Waals surface area (Å²) >= 11 is 0. The molecule has 0 aliphatic carbocycles. The number of aromatic nitrogens is 5. The van der Waals surface area contributed by atoms with Gasteiger partial charge in [-0.25, -0.2) is 13.4 Å². The maximum atomic E-state index is 13.1. The number of rotatable bonds is 8. The van der Waals surface area contributed by atoms with Gasteiger partial charge in [0.2, 0.25) is 5.88 Å². The number of nitrogens with zero attached hydrogens (tertiary/aromatic N) is 5. The molecule has 0 fully saturated rings. The molecule has 3 rings (SSSR count). The molecule has 3 aromatic rings. The molecule has 0 radical (unpaired) electrons. The van der Waals surface area contributed by atoms with E-state index in [1.54, 1.807) is 6.07 Å². The van der Waals surface area contributed by atoms with Gasteiger partial charge in [-0.3, -0.25) is 0 Å². The van der Waals surface area contributed by atoms with Gasteiger partial charge in [0, 0.05) is 18.3 Å². The average Bonchev–Trinajstić information content (AvgIpc) is 3.13. The fourth-order valence-corrected chi connectivity index (χ4v) is 3.67. The Balaban J connectivity index is 2.05. The summed E-state index contributed by atoms with van der Waals surface area (Å²) < 4.78 is 94.1. The zero-order valence-electron chi connectivity index (χ0n) is 17.6. The van der Waals surface area contributed by atoms with Crippen LogP contribution < -0.4 is 10.1 Å².